The van der Waals surface area contributed by atoms with Gasteiger partial charge in [0.2, 0.25) is 0 Å². The first-order chi connectivity index (χ1) is 16.2. The average molecular weight is 454 g/mol. The van der Waals surface area contributed by atoms with Crippen LogP contribution < -0.4 is 4.90 Å². The molecule has 34 heavy (non-hydrogen) atoms. The molecule has 5 rings (SSSR count). The maximum Gasteiger partial charge on any atom is 0.421 e. The minimum atomic E-state index is -1.31. The monoisotopic (exact) mass is 453 g/mol. The van der Waals surface area contributed by atoms with Gasteiger partial charge in [-0.05, 0) is 49.1 Å². The van der Waals surface area contributed by atoms with Gasteiger partial charge in [-0.15, -0.1) is 0 Å². The molecule has 5 heteroatoms. The Morgan fingerprint density at radius 3 is 2.32 bits per heavy atom. The molecule has 0 saturated carbocycles. The van der Waals surface area contributed by atoms with Crippen LogP contribution in [0.1, 0.15) is 49.1 Å². The van der Waals surface area contributed by atoms with Gasteiger partial charge in [-0.1, -0.05) is 84.9 Å². The van der Waals surface area contributed by atoms with Gasteiger partial charge in [0.1, 0.15) is 11.0 Å². The molecule has 3 unspecified atom stereocenters. The molecule has 1 aliphatic heterocycles. The Morgan fingerprint density at radius 2 is 1.59 bits per heavy atom. The van der Waals surface area contributed by atoms with Gasteiger partial charge in [0.05, 0.1) is 11.8 Å². The zero-order valence-corrected chi connectivity index (χ0v) is 19.4. The number of nitrogens with zero attached hydrogens (tertiary/aromatic N) is 1. The quantitative estimate of drug-likeness (QED) is 0.546. The van der Waals surface area contributed by atoms with Gasteiger partial charge in [-0.25, -0.2) is 9.69 Å². The second-order valence-corrected chi connectivity index (χ2v) is 9.77. The highest BCUT2D eigenvalue weighted by molar-refractivity contribution is 6.22. The van der Waals surface area contributed by atoms with Crippen molar-refractivity contribution in [3.05, 3.63) is 107 Å². The first-order valence-corrected chi connectivity index (χ1v) is 11.4. The van der Waals surface area contributed by atoms with Crippen molar-refractivity contribution >= 4 is 23.8 Å². The van der Waals surface area contributed by atoms with E-state index in [9.17, 15) is 14.7 Å². The van der Waals surface area contributed by atoms with E-state index in [-0.39, 0.29) is 0 Å². The fourth-order valence-electron chi connectivity index (χ4n) is 5.21. The van der Waals surface area contributed by atoms with E-state index >= 15 is 0 Å². The molecule has 0 saturated heterocycles. The molecule has 1 heterocycles. The Morgan fingerprint density at radius 1 is 0.941 bits per heavy atom. The van der Waals surface area contributed by atoms with Crippen LogP contribution in [0.5, 0.6) is 0 Å². The van der Waals surface area contributed by atoms with E-state index in [0.29, 0.717) is 16.8 Å². The summed E-state index contributed by atoms with van der Waals surface area (Å²) in [7, 11) is 0. The smallest absolute Gasteiger partial charge is 0.421 e. The molecular weight excluding hydrogens is 426 g/mol. The van der Waals surface area contributed by atoms with Crippen molar-refractivity contribution in [1.82, 2.24) is 0 Å². The third-order valence-corrected chi connectivity index (χ3v) is 6.55. The number of carbonyl (C=O) groups excluding carboxylic acids is 2. The lowest BCUT2D eigenvalue weighted by atomic mass is 9.62. The van der Waals surface area contributed by atoms with Crippen LogP contribution in [0.3, 0.4) is 0 Å². The van der Waals surface area contributed by atoms with E-state index in [1.54, 1.807) is 32.9 Å². The van der Waals surface area contributed by atoms with E-state index in [1.165, 1.54) is 0 Å². The van der Waals surface area contributed by atoms with Gasteiger partial charge in [0, 0.05) is 5.92 Å². The Bertz CT molecular complexity index is 1290. The minimum absolute atomic E-state index is 0.428. The number of imide groups is 1. The highest BCUT2D eigenvalue weighted by Crippen LogP contribution is 2.55. The van der Waals surface area contributed by atoms with Gasteiger partial charge in [-0.3, -0.25) is 4.79 Å². The summed E-state index contributed by atoms with van der Waals surface area (Å²) in [6.45, 7) is 5.31. The topological polar surface area (TPSA) is 66.8 Å². The van der Waals surface area contributed by atoms with Gasteiger partial charge in [-0.2, -0.15) is 0 Å². The van der Waals surface area contributed by atoms with Gasteiger partial charge in [0.25, 0.3) is 5.91 Å². The van der Waals surface area contributed by atoms with Crippen molar-refractivity contribution in [2.24, 2.45) is 5.92 Å². The van der Waals surface area contributed by atoms with E-state index in [4.69, 9.17) is 4.74 Å². The standard InChI is InChI=1S/C29H27NO4/c1-28(2,3)34-27(33)30-24-16-10-9-15-22(24)29(26(30)32,20-12-5-4-6-13-20)23-18-17-19-11-7-8-14-21(19)25(23)31/h4-18,23,25,31H,1-3H3. The van der Waals surface area contributed by atoms with Crippen LogP contribution in [0.25, 0.3) is 6.08 Å². The first-order valence-electron chi connectivity index (χ1n) is 11.4. The number of ether oxygens (including phenoxy) is 1. The number of aliphatic hydroxyl groups excluding tert-OH is 1. The van der Waals surface area contributed by atoms with Gasteiger partial charge >= 0.3 is 6.09 Å². The molecular formula is C29H27NO4. The summed E-state index contributed by atoms with van der Waals surface area (Å²) in [5.41, 5.74) is 1.46. The molecule has 2 aliphatic rings. The Kier molecular flexibility index (Phi) is 5.18. The van der Waals surface area contributed by atoms with Crippen LogP contribution in [0, 0.1) is 5.92 Å². The van der Waals surface area contributed by atoms with Crippen molar-refractivity contribution in [2.45, 2.75) is 37.9 Å². The highest BCUT2D eigenvalue weighted by atomic mass is 16.6. The third kappa shape index (κ3) is 3.27. The number of rotatable bonds is 2. The van der Waals surface area contributed by atoms with Crippen molar-refractivity contribution in [2.75, 3.05) is 4.90 Å². The minimum Gasteiger partial charge on any atom is -0.443 e. The predicted octanol–water partition coefficient (Wildman–Crippen LogP) is 5.63. The summed E-state index contributed by atoms with van der Waals surface area (Å²) in [4.78, 5) is 28.9. The van der Waals surface area contributed by atoms with Crippen molar-refractivity contribution in [1.29, 1.82) is 0 Å². The van der Waals surface area contributed by atoms with Crippen LogP contribution in [0.15, 0.2) is 84.9 Å². The molecule has 3 atom stereocenters. The fraction of sp³-hybridized carbons (Fsp3) is 0.241. The Balaban J connectivity index is 1.76. The molecule has 1 aliphatic carbocycles. The van der Waals surface area contributed by atoms with Crippen molar-refractivity contribution < 1.29 is 19.4 Å². The van der Waals surface area contributed by atoms with Crippen LogP contribution in [0.4, 0.5) is 10.5 Å². The van der Waals surface area contributed by atoms with E-state index in [0.717, 1.165) is 16.0 Å². The summed E-state index contributed by atoms with van der Waals surface area (Å²) in [5.74, 6) is -1.06. The molecule has 172 valence electrons. The van der Waals surface area contributed by atoms with Crippen LogP contribution >= 0.6 is 0 Å². The first kappa shape index (κ1) is 22.1. The number of anilines is 1. The maximum absolute atomic E-state index is 14.4. The van der Waals surface area contributed by atoms with Crippen LogP contribution in [-0.4, -0.2) is 22.7 Å². The number of aliphatic hydroxyl groups is 1. The molecule has 3 aromatic carbocycles. The molecule has 2 amide bonds. The second kappa shape index (κ2) is 7.96. The number of para-hydroxylation sites is 1. The molecule has 0 spiro atoms. The lowest BCUT2D eigenvalue weighted by Gasteiger charge is -2.40. The largest absolute Gasteiger partial charge is 0.443 e. The number of carbonyl (C=O) groups is 2. The molecule has 1 N–H and O–H groups in total. The number of benzene rings is 3. The van der Waals surface area contributed by atoms with Crippen molar-refractivity contribution in [3.63, 3.8) is 0 Å². The van der Waals surface area contributed by atoms with Crippen LogP contribution in [0.2, 0.25) is 0 Å². The summed E-state index contributed by atoms with van der Waals surface area (Å²) >= 11 is 0. The molecule has 0 bridgehead atoms. The Hall–Kier alpha value is -3.70. The number of amides is 2. The third-order valence-electron chi connectivity index (χ3n) is 6.55. The average Bonchev–Trinajstić information content (AvgIpc) is 3.08. The zero-order chi connectivity index (χ0) is 24.1. The summed E-state index contributed by atoms with van der Waals surface area (Å²) < 4.78 is 5.63. The lowest BCUT2D eigenvalue weighted by Crippen LogP contribution is -2.50. The van der Waals surface area contributed by atoms with E-state index < -0.39 is 35.0 Å². The molecule has 0 aromatic heterocycles. The molecule has 0 radical (unpaired) electrons. The van der Waals surface area contributed by atoms with E-state index in [1.807, 2.05) is 78.9 Å². The molecule has 5 nitrogen and oxygen atoms in total. The summed E-state index contributed by atoms with van der Waals surface area (Å²) in [6.07, 6.45) is 2.17. The predicted molar refractivity (Wildman–Crippen MR) is 131 cm³/mol. The molecule has 0 fully saturated rings. The fourth-order valence-corrected chi connectivity index (χ4v) is 5.21. The summed E-state index contributed by atoms with van der Waals surface area (Å²) in [5, 5.41) is 11.6. The van der Waals surface area contributed by atoms with Gasteiger partial charge < -0.3 is 9.84 Å². The number of hydrogen-bond acceptors (Lipinski definition) is 4. The number of hydrogen-bond donors (Lipinski definition) is 1. The zero-order valence-electron chi connectivity index (χ0n) is 19.4. The normalized spacial score (nSPS) is 23.4. The summed E-state index contributed by atoms with van der Waals surface area (Å²) in [6, 6.07) is 24.3. The maximum atomic E-state index is 14.4. The van der Waals surface area contributed by atoms with Gasteiger partial charge in [0.15, 0.2) is 0 Å². The second-order valence-electron chi connectivity index (χ2n) is 9.77. The SMILES string of the molecule is CC(C)(C)OC(=O)N1C(=O)C(c2ccccc2)(C2C=Cc3ccccc3C2O)c2ccccc21. The highest BCUT2D eigenvalue weighted by Gasteiger charge is 2.60. The van der Waals surface area contributed by atoms with Crippen molar-refractivity contribution in [3.8, 4) is 0 Å². The van der Waals surface area contributed by atoms with E-state index in [2.05, 4.69) is 0 Å². The number of fused-ring (bicyclic) bond motifs is 2. The lowest BCUT2D eigenvalue weighted by molar-refractivity contribution is -0.124. The molecule has 3 aromatic rings. The van der Waals surface area contributed by atoms with Crippen LogP contribution in [-0.2, 0) is 14.9 Å². The Labute approximate surface area is 199 Å².